The van der Waals surface area contributed by atoms with Gasteiger partial charge in [-0.2, -0.15) is 5.06 Å². The van der Waals surface area contributed by atoms with Crippen LogP contribution in [0.3, 0.4) is 0 Å². The molecule has 4 saturated carbocycles. The Bertz CT molecular complexity index is 1590. The summed E-state index contributed by atoms with van der Waals surface area (Å²) in [5.74, 6) is -1.04. The highest BCUT2D eigenvalue weighted by atomic mass is 16.8. The minimum absolute atomic E-state index is 0.0180. The quantitative estimate of drug-likeness (QED) is 0.239. The van der Waals surface area contributed by atoms with Gasteiger partial charge >= 0.3 is 11.9 Å². The lowest BCUT2D eigenvalue weighted by Crippen LogP contribution is -2.70. The third-order valence-corrected chi connectivity index (χ3v) is 12.5. The van der Waals surface area contributed by atoms with Crippen LogP contribution in [0.25, 0.3) is 6.08 Å². The van der Waals surface area contributed by atoms with Crippen LogP contribution < -0.4 is 5.32 Å². The number of allylic oxidation sites excluding steroid dienone is 1. The number of ether oxygens (including phenoxy) is 5. The third-order valence-electron chi connectivity index (χ3n) is 12.5. The average molecular weight is 721 g/mol. The number of benzene rings is 1. The zero-order chi connectivity index (χ0) is 36.0. The summed E-state index contributed by atoms with van der Waals surface area (Å²) in [6.07, 6.45) is 10.5. The first-order valence-corrected chi connectivity index (χ1v) is 19.5. The number of fused-ring (bicyclic) bond motifs is 5. The van der Waals surface area contributed by atoms with E-state index < -0.39 is 71.1 Å². The number of hydrogen-bond donors (Lipinski definition) is 2. The van der Waals surface area contributed by atoms with Crippen molar-refractivity contribution in [1.82, 2.24) is 10.4 Å². The maximum absolute atomic E-state index is 14.7. The van der Waals surface area contributed by atoms with E-state index in [2.05, 4.69) is 29.6 Å². The van der Waals surface area contributed by atoms with Crippen molar-refractivity contribution in [3.63, 3.8) is 0 Å². The van der Waals surface area contributed by atoms with Gasteiger partial charge in [-0.25, -0.2) is 0 Å². The summed E-state index contributed by atoms with van der Waals surface area (Å²) in [4.78, 5) is 48.1. The first-order chi connectivity index (χ1) is 25.0. The molecule has 4 heterocycles. The number of carbonyl (C=O) groups excluding carboxylic acids is 3. The molecule has 2 N–H and O–H groups in total. The molecule has 282 valence electrons. The Morgan fingerprint density at radius 1 is 1.02 bits per heavy atom. The smallest absolute Gasteiger partial charge is 0.327 e. The topological polar surface area (TPSA) is 145 Å². The molecular formula is C40H52N2O10. The van der Waals surface area contributed by atoms with Crippen LogP contribution in [0.15, 0.2) is 30.3 Å². The highest BCUT2D eigenvalue weighted by molar-refractivity contribution is 5.93. The minimum Gasteiger partial charge on any atom is -0.460 e. The van der Waals surface area contributed by atoms with Crippen LogP contribution in [0.2, 0.25) is 0 Å². The second kappa shape index (κ2) is 12.9. The number of hydroxylamine groups is 2. The van der Waals surface area contributed by atoms with Crippen molar-refractivity contribution in [1.29, 1.82) is 0 Å². The number of amides is 1. The third kappa shape index (κ3) is 6.30. The molecule has 8 fully saturated rings. The van der Waals surface area contributed by atoms with Gasteiger partial charge in [0.25, 0.3) is 0 Å². The van der Waals surface area contributed by atoms with Crippen LogP contribution in [0.5, 0.6) is 0 Å². The molecule has 0 radical (unpaired) electrons. The van der Waals surface area contributed by atoms with Crippen LogP contribution in [0.1, 0.15) is 96.1 Å². The highest BCUT2D eigenvalue weighted by Gasteiger charge is 2.78. The molecule has 10 atom stereocenters. The van der Waals surface area contributed by atoms with E-state index in [1.54, 1.807) is 25.8 Å². The molecular weight excluding hydrogens is 668 g/mol. The fraction of sp³-hybridized carbons (Fsp3) is 0.725. The standard InChI is InChI=1S/C40H52N2O10/c1-38(2,3)49-31(44)17-15-27(21-43)41-37(46)39-19-30-32-33(51-40(50-32,25-11-12-25)26-13-14-26)35(39)52-42(34(39)36(45)48-30)20-24-8-5-22(6-9-24)4-7-23-10-16-28-29(18-23)47-28/h4-9,23,25-30,32-35,43H,10-21H2,1-3H3,(H,41,46). The summed E-state index contributed by atoms with van der Waals surface area (Å²) in [5.41, 5.74) is 0.00172. The van der Waals surface area contributed by atoms with Gasteiger partial charge in [0.1, 0.15) is 35.4 Å². The largest absolute Gasteiger partial charge is 0.460 e. The molecule has 10 unspecified atom stereocenters. The Kier molecular flexibility index (Phi) is 8.63. The molecule has 12 heteroatoms. The van der Waals surface area contributed by atoms with Crippen molar-refractivity contribution in [3.05, 3.63) is 41.5 Å². The van der Waals surface area contributed by atoms with Crippen molar-refractivity contribution in [2.24, 2.45) is 23.2 Å². The summed E-state index contributed by atoms with van der Waals surface area (Å²) in [6, 6.07) is 6.40. The van der Waals surface area contributed by atoms with Gasteiger partial charge in [0, 0.05) is 24.7 Å². The van der Waals surface area contributed by atoms with Gasteiger partial charge in [-0.1, -0.05) is 36.4 Å². The van der Waals surface area contributed by atoms with Crippen molar-refractivity contribution < 1.29 is 48.0 Å². The number of carbonyl (C=O) groups is 3. The van der Waals surface area contributed by atoms with E-state index in [0.717, 1.165) is 56.1 Å². The van der Waals surface area contributed by atoms with Gasteiger partial charge in [-0.3, -0.25) is 19.2 Å². The molecule has 0 aromatic heterocycles. The summed E-state index contributed by atoms with van der Waals surface area (Å²) in [7, 11) is 0. The molecule has 1 aromatic rings. The second-order valence-corrected chi connectivity index (χ2v) is 17.5. The van der Waals surface area contributed by atoms with Crippen molar-refractivity contribution in [2.75, 3.05) is 6.61 Å². The van der Waals surface area contributed by atoms with E-state index in [9.17, 15) is 19.5 Å². The number of aliphatic hydroxyl groups excluding tert-OH is 1. The van der Waals surface area contributed by atoms with Crippen molar-refractivity contribution >= 4 is 23.9 Å². The number of epoxide rings is 1. The average Bonchev–Trinajstić information content (AvgIpc) is 4.00. The molecule has 1 aromatic carbocycles. The highest BCUT2D eigenvalue weighted by Crippen LogP contribution is 2.63. The van der Waals surface area contributed by atoms with Gasteiger partial charge in [0.2, 0.25) is 5.91 Å². The fourth-order valence-corrected chi connectivity index (χ4v) is 9.65. The normalized spacial score (nSPS) is 38.0. The molecule has 0 spiro atoms. The molecule has 4 saturated heterocycles. The number of esters is 2. The van der Waals surface area contributed by atoms with E-state index in [4.69, 9.17) is 28.5 Å². The van der Waals surface area contributed by atoms with Crippen LogP contribution in [-0.2, 0) is 49.5 Å². The number of hydrogen-bond acceptors (Lipinski definition) is 11. The van der Waals surface area contributed by atoms with Crippen molar-refractivity contribution in [2.45, 2.75) is 152 Å². The zero-order valence-corrected chi connectivity index (χ0v) is 30.4. The maximum atomic E-state index is 14.7. The van der Waals surface area contributed by atoms with Crippen LogP contribution in [0, 0.1) is 23.2 Å². The predicted molar refractivity (Wildman–Crippen MR) is 185 cm³/mol. The van der Waals surface area contributed by atoms with Crippen LogP contribution in [-0.4, -0.2) is 94.7 Å². The van der Waals surface area contributed by atoms with E-state index in [1.807, 2.05) is 12.1 Å². The number of aliphatic hydroxyl groups is 1. The van der Waals surface area contributed by atoms with Crippen LogP contribution in [0.4, 0.5) is 0 Å². The monoisotopic (exact) mass is 720 g/mol. The first kappa shape index (κ1) is 34.9. The Labute approximate surface area is 304 Å². The summed E-state index contributed by atoms with van der Waals surface area (Å²) >= 11 is 0. The van der Waals surface area contributed by atoms with Gasteiger partial charge in [0.05, 0.1) is 31.4 Å². The number of nitrogens with one attached hydrogen (secondary N) is 1. The molecule has 2 bridgehead atoms. The van der Waals surface area contributed by atoms with E-state index in [1.165, 1.54) is 0 Å². The van der Waals surface area contributed by atoms with Gasteiger partial charge < -0.3 is 34.1 Å². The Morgan fingerprint density at radius 3 is 2.42 bits per heavy atom. The molecule has 8 aliphatic rings. The van der Waals surface area contributed by atoms with E-state index in [-0.39, 0.29) is 44.2 Å². The predicted octanol–water partition coefficient (Wildman–Crippen LogP) is 3.97. The summed E-state index contributed by atoms with van der Waals surface area (Å²) in [6.45, 7) is 5.25. The summed E-state index contributed by atoms with van der Waals surface area (Å²) < 4.78 is 31.1. The molecule has 4 aliphatic carbocycles. The molecule has 52 heavy (non-hydrogen) atoms. The van der Waals surface area contributed by atoms with Gasteiger partial charge in [-0.15, -0.1) is 0 Å². The fourth-order valence-electron chi connectivity index (χ4n) is 9.65. The van der Waals surface area contributed by atoms with E-state index >= 15 is 0 Å². The number of nitrogens with zero attached hydrogens (tertiary/aromatic N) is 1. The Hall–Kier alpha value is -2.87. The molecule has 4 aliphatic heterocycles. The van der Waals surface area contributed by atoms with Crippen molar-refractivity contribution in [3.8, 4) is 0 Å². The lowest BCUT2D eigenvalue weighted by atomic mass is 9.62. The summed E-state index contributed by atoms with van der Waals surface area (Å²) in [5, 5.41) is 15.0. The second-order valence-electron chi connectivity index (χ2n) is 17.5. The molecule has 1 amide bonds. The minimum atomic E-state index is -1.36. The lowest BCUT2D eigenvalue weighted by Gasteiger charge is -2.49. The maximum Gasteiger partial charge on any atom is 0.327 e. The Balaban J connectivity index is 0.967. The van der Waals surface area contributed by atoms with Gasteiger partial charge in [-0.05, 0) is 89.2 Å². The van der Waals surface area contributed by atoms with E-state index in [0.29, 0.717) is 18.1 Å². The number of rotatable bonds is 12. The Morgan fingerprint density at radius 2 is 1.75 bits per heavy atom. The lowest BCUT2D eigenvalue weighted by molar-refractivity contribution is -0.235. The zero-order valence-electron chi connectivity index (χ0n) is 30.4. The van der Waals surface area contributed by atoms with Crippen LogP contribution >= 0.6 is 0 Å². The van der Waals surface area contributed by atoms with Gasteiger partial charge in [0.15, 0.2) is 11.8 Å². The molecule has 9 rings (SSSR count). The molecule has 12 nitrogen and oxygen atoms in total. The first-order valence-electron chi connectivity index (χ1n) is 19.5. The SMILES string of the molecule is CC(C)(C)OC(=O)CCC(CO)NC(=O)C12CC3OC(=O)C1N(Cc1ccc(C=CC4CCC5OC5C4)cc1)OC2C1OC(C2CC2)(C2CC2)OC31.